The number of hydrogen-bond donors (Lipinski definition) is 0. The average molecular weight is 384 g/mol. The molecule has 0 atom stereocenters. The molecule has 0 bridgehead atoms. The molecule has 0 aliphatic carbocycles. The van der Waals surface area contributed by atoms with Crippen molar-refractivity contribution in [3.8, 4) is 5.75 Å². The van der Waals surface area contributed by atoms with Crippen molar-refractivity contribution in [2.75, 3.05) is 24.0 Å². The van der Waals surface area contributed by atoms with Crippen LogP contribution in [0.15, 0.2) is 90.6 Å². The molecule has 0 spiro atoms. The number of imide groups is 1. The Kier molecular flexibility index (Phi) is 4.87. The van der Waals surface area contributed by atoms with Gasteiger partial charge in [0, 0.05) is 12.7 Å². The van der Waals surface area contributed by atoms with Gasteiger partial charge in [0.2, 0.25) is 0 Å². The summed E-state index contributed by atoms with van der Waals surface area (Å²) in [4.78, 5) is 30.0. The van der Waals surface area contributed by atoms with E-state index >= 15 is 0 Å². The van der Waals surface area contributed by atoms with Crippen molar-refractivity contribution in [2.45, 2.75) is 0 Å². The van der Waals surface area contributed by atoms with Crippen LogP contribution < -0.4 is 14.5 Å². The van der Waals surface area contributed by atoms with Gasteiger partial charge in [0.05, 0.1) is 18.4 Å². The molecule has 1 aliphatic rings. The summed E-state index contributed by atoms with van der Waals surface area (Å²) >= 11 is 0. The van der Waals surface area contributed by atoms with E-state index in [0.29, 0.717) is 28.3 Å². The lowest BCUT2D eigenvalue weighted by Gasteiger charge is -2.22. The van der Waals surface area contributed by atoms with Crippen LogP contribution in [-0.2, 0) is 9.59 Å². The summed E-state index contributed by atoms with van der Waals surface area (Å²) in [7, 11) is 3.32. The molecule has 0 fully saturated rings. The Bertz CT molecular complexity index is 1090. The number of carbonyl (C=O) groups is 2. The molecule has 0 radical (unpaired) electrons. The predicted molar refractivity (Wildman–Crippen MR) is 114 cm³/mol. The monoisotopic (exact) mass is 384 g/mol. The molecule has 1 aliphatic heterocycles. The number of hydrogen-bond acceptors (Lipinski definition) is 4. The van der Waals surface area contributed by atoms with Crippen LogP contribution in [0, 0.1) is 0 Å². The maximum Gasteiger partial charge on any atom is 0.282 e. The Morgan fingerprint density at radius 2 is 1.34 bits per heavy atom. The van der Waals surface area contributed by atoms with Gasteiger partial charge in [-0.1, -0.05) is 60.7 Å². The molecule has 5 heteroatoms. The first-order valence-electron chi connectivity index (χ1n) is 9.23. The van der Waals surface area contributed by atoms with Gasteiger partial charge in [0.1, 0.15) is 11.4 Å². The summed E-state index contributed by atoms with van der Waals surface area (Å²) < 4.78 is 5.40. The van der Waals surface area contributed by atoms with E-state index in [1.807, 2.05) is 60.7 Å². The Morgan fingerprint density at radius 3 is 2.00 bits per heavy atom. The van der Waals surface area contributed by atoms with Crippen molar-refractivity contribution < 1.29 is 14.3 Å². The van der Waals surface area contributed by atoms with Gasteiger partial charge >= 0.3 is 0 Å². The van der Waals surface area contributed by atoms with E-state index in [1.54, 1.807) is 36.2 Å². The highest BCUT2D eigenvalue weighted by Crippen LogP contribution is 2.39. The van der Waals surface area contributed by atoms with Gasteiger partial charge in [-0.15, -0.1) is 0 Å². The summed E-state index contributed by atoms with van der Waals surface area (Å²) in [6.07, 6.45) is 0. The van der Waals surface area contributed by atoms with Gasteiger partial charge in [-0.05, 0) is 29.8 Å². The number of carbonyl (C=O) groups excluding carboxylic acids is 2. The van der Waals surface area contributed by atoms with Crippen LogP contribution in [0.4, 0.5) is 11.4 Å². The van der Waals surface area contributed by atoms with Crippen molar-refractivity contribution in [1.29, 1.82) is 0 Å². The zero-order valence-electron chi connectivity index (χ0n) is 16.2. The second-order valence-corrected chi connectivity index (χ2v) is 6.60. The number of anilines is 2. The maximum atomic E-state index is 13.5. The molecule has 5 nitrogen and oxygen atoms in total. The highest BCUT2D eigenvalue weighted by Gasteiger charge is 2.43. The number of methoxy groups -OCH3 is 1. The second-order valence-electron chi connectivity index (χ2n) is 6.60. The van der Waals surface area contributed by atoms with E-state index in [0.717, 1.165) is 5.69 Å². The van der Waals surface area contributed by atoms with E-state index in [9.17, 15) is 9.59 Å². The highest BCUT2D eigenvalue weighted by atomic mass is 16.5. The molecule has 3 aromatic rings. The number of para-hydroxylation sites is 3. The summed E-state index contributed by atoms with van der Waals surface area (Å²) in [5.41, 5.74) is 2.64. The van der Waals surface area contributed by atoms with Crippen LogP contribution in [0.5, 0.6) is 5.75 Å². The molecule has 29 heavy (non-hydrogen) atoms. The van der Waals surface area contributed by atoms with Gasteiger partial charge in [-0.3, -0.25) is 9.59 Å². The number of amides is 2. The molecule has 3 aromatic carbocycles. The third-order valence-corrected chi connectivity index (χ3v) is 4.93. The first-order chi connectivity index (χ1) is 14.1. The Hall–Kier alpha value is -3.86. The zero-order chi connectivity index (χ0) is 20.4. The fourth-order valence-corrected chi connectivity index (χ4v) is 3.51. The van der Waals surface area contributed by atoms with Crippen molar-refractivity contribution in [1.82, 2.24) is 0 Å². The molecule has 2 amide bonds. The predicted octanol–water partition coefficient (Wildman–Crippen LogP) is 4.12. The third kappa shape index (κ3) is 3.17. The molecule has 0 N–H and O–H groups in total. The minimum atomic E-state index is -0.385. The van der Waals surface area contributed by atoms with Crippen LogP contribution in [-0.4, -0.2) is 26.0 Å². The normalized spacial score (nSPS) is 13.8. The van der Waals surface area contributed by atoms with Gasteiger partial charge in [-0.2, -0.15) is 0 Å². The minimum absolute atomic E-state index is 0.332. The largest absolute Gasteiger partial charge is 0.495 e. The quantitative estimate of drug-likeness (QED) is 0.621. The molecule has 0 unspecified atom stereocenters. The molecule has 144 valence electrons. The smallest absolute Gasteiger partial charge is 0.282 e. The summed E-state index contributed by atoms with van der Waals surface area (Å²) in [6.45, 7) is 0. The van der Waals surface area contributed by atoms with Crippen molar-refractivity contribution in [3.63, 3.8) is 0 Å². The van der Waals surface area contributed by atoms with Crippen LogP contribution in [0.25, 0.3) is 5.57 Å². The number of nitrogens with zero attached hydrogens (tertiary/aromatic N) is 2. The first kappa shape index (κ1) is 18.5. The van der Waals surface area contributed by atoms with E-state index in [2.05, 4.69) is 0 Å². The van der Waals surface area contributed by atoms with Gasteiger partial charge in [0.25, 0.3) is 11.8 Å². The number of benzene rings is 3. The van der Waals surface area contributed by atoms with Crippen LogP contribution >= 0.6 is 0 Å². The molecule has 0 saturated carbocycles. The van der Waals surface area contributed by atoms with Gasteiger partial charge in [-0.25, -0.2) is 4.90 Å². The number of ether oxygens (including phenoxy) is 1. The van der Waals surface area contributed by atoms with E-state index in [-0.39, 0.29) is 11.8 Å². The molecule has 0 saturated heterocycles. The van der Waals surface area contributed by atoms with Crippen molar-refractivity contribution >= 4 is 28.8 Å². The van der Waals surface area contributed by atoms with Crippen molar-refractivity contribution in [3.05, 3.63) is 96.2 Å². The second kappa shape index (κ2) is 7.64. The molecule has 4 rings (SSSR count). The Morgan fingerprint density at radius 1 is 0.759 bits per heavy atom. The standard InChI is InChI=1S/C24H20N2O3/c1-25(18-13-7-4-8-14-18)22-21(17-11-5-3-6-12-17)23(27)26(24(22)28)19-15-9-10-16-20(19)29-2/h3-16H,1-2H3. The molecule has 0 aromatic heterocycles. The van der Waals surface area contributed by atoms with E-state index < -0.39 is 0 Å². The number of rotatable bonds is 5. The fourth-order valence-electron chi connectivity index (χ4n) is 3.51. The highest BCUT2D eigenvalue weighted by molar-refractivity contribution is 6.46. The Labute approximate surface area is 169 Å². The first-order valence-corrected chi connectivity index (χ1v) is 9.23. The van der Waals surface area contributed by atoms with Crippen LogP contribution in [0.1, 0.15) is 5.56 Å². The van der Waals surface area contributed by atoms with E-state index in [1.165, 1.54) is 12.0 Å². The summed E-state index contributed by atoms with van der Waals surface area (Å²) in [5.74, 6) is -0.293. The summed E-state index contributed by atoms with van der Waals surface area (Å²) in [5, 5.41) is 0. The molecule has 1 heterocycles. The Balaban J connectivity index is 1.89. The molecular weight excluding hydrogens is 364 g/mol. The zero-order valence-corrected chi connectivity index (χ0v) is 16.2. The molecular formula is C24H20N2O3. The topological polar surface area (TPSA) is 49.9 Å². The average Bonchev–Trinajstić information content (AvgIpc) is 3.04. The van der Waals surface area contributed by atoms with Gasteiger partial charge < -0.3 is 9.64 Å². The SMILES string of the molecule is COc1ccccc1N1C(=O)C(c2ccccc2)=C(N(C)c2ccccc2)C1=O. The number of likely N-dealkylation sites (N-methyl/N-ethyl adjacent to an activating group) is 1. The van der Waals surface area contributed by atoms with E-state index in [4.69, 9.17) is 4.74 Å². The third-order valence-electron chi connectivity index (χ3n) is 4.93. The van der Waals surface area contributed by atoms with Gasteiger partial charge in [0.15, 0.2) is 0 Å². The van der Waals surface area contributed by atoms with Crippen LogP contribution in [0.2, 0.25) is 0 Å². The lowest BCUT2D eigenvalue weighted by molar-refractivity contribution is -0.120. The maximum absolute atomic E-state index is 13.5. The fraction of sp³-hybridized carbons (Fsp3) is 0.0833. The minimum Gasteiger partial charge on any atom is -0.495 e. The lowest BCUT2D eigenvalue weighted by Crippen LogP contribution is -2.34. The lowest BCUT2D eigenvalue weighted by atomic mass is 10.0. The van der Waals surface area contributed by atoms with Crippen molar-refractivity contribution in [2.24, 2.45) is 0 Å². The van der Waals surface area contributed by atoms with Crippen LogP contribution in [0.3, 0.4) is 0 Å². The summed E-state index contributed by atoms with van der Waals surface area (Å²) in [6, 6.07) is 25.8.